The minimum atomic E-state index is -5.03. The summed E-state index contributed by atoms with van der Waals surface area (Å²) in [5.74, 6) is -2.54. The van der Waals surface area contributed by atoms with Crippen molar-refractivity contribution in [2.45, 2.75) is 24.6 Å². The van der Waals surface area contributed by atoms with E-state index < -0.39 is 41.4 Å². The minimum absolute atomic E-state index is 0.0930. The van der Waals surface area contributed by atoms with Crippen molar-refractivity contribution in [1.29, 1.82) is 0 Å². The maximum absolute atomic E-state index is 14.2. The molecule has 1 fully saturated rings. The number of para-hydroxylation sites is 1. The van der Waals surface area contributed by atoms with Crippen LogP contribution in [0.2, 0.25) is 0 Å². The number of alkyl halides is 6. The van der Waals surface area contributed by atoms with Gasteiger partial charge >= 0.3 is 18.6 Å². The number of rotatable bonds is 6. The van der Waals surface area contributed by atoms with Crippen LogP contribution in [0.4, 0.5) is 46.9 Å². The number of anilines is 2. The van der Waals surface area contributed by atoms with Gasteiger partial charge in [-0.25, -0.2) is 14.2 Å². The van der Waals surface area contributed by atoms with Crippen molar-refractivity contribution >= 4 is 17.4 Å². The molecule has 2 aromatic carbocycles. The summed E-state index contributed by atoms with van der Waals surface area (Å²) in [5, 5.41) is 4.41. The van der Waals surface area contributed by atoms with Gasteiger partial charge in [-0.2, -0.15) is 13.2 Å². The molecule has 1 atom stereocenters. The number of nitrogens with one attached hydrogen (secondary N) is 2. The van der Waals surface area contributed by atoms with Crippen LogP contribution in [0.5, 0.6) is 17.4 Å². The molecule has 2 heterocycles. The number of nitrogens with zero attached hydrogens (tertiary/aromatic N) is 1. The zero-order chi connectivity index (χ0) is 26.8. The van der Waals surface area contributed by atoms with Gasteiger partial charge < -0.3 is 24.8 Å². The van der Waals surface area contributed by atoms with Gasteiger partial charge in [-0.3, -0.25) is 0 Å². The number of benzene rings is 2. The number of hydrogen-bond donors (Lipinski definition) is 2. The third-order valence-electron chi connectivity index (χ3n) is 5.23. The van der Waals surface area contributed by atoms with Crippen molar-refractivity contribution in [3.8, 4) is 17.4 Å². The molecule has 1 aliphatic rings. The smallest absolute Gasteiger partial charge is 0.437 e. The number of aromatic nitrogens is 1. The highest BCUT2D eigenvalue weighted by Gasteiger charge is 2.62. The highest BCUT2D eigenvalue weighted by atomic mass is 19.4. The average molecular weight is 531 g/mol. The predicted molar refractivity (Wildman–Crippen MR) is 115 cm³/mol. The van der Waals surface area contributed by atoms with E-state index in [1.807, 2.05) is 0 Å². The average Bonchev–Trinajstić information content (AvgIpc) is 2.75. The van der Waals surface area contributed by atoms with Gasteiger partial charge in [0.15, 0.2) is 5.60 Å². The fourth-order valence-electron chi connectivity index (χ4n) is 3.53. The third kappa shape index (κ3) is 5.69. The van der Waals surface area contributed by atoms with Crippen LogP contribution in [0.3, 0.4) is 0 Å². The Kier molecular flexibility index (Phi) is 6.86. The molecule has 14 heteroatoms. The summed E-state index contributed by atoms with van der Waals surface area (Å²) in [5.41, 5.74) is -3.40. The lowest BCUT2D eigenvalue weighted by Crippen LogP contribution is -2.52. The largest absolute Gasteiger partial charge is 0.573 e. The quantitative estimate of drug-likeness (QED) is 0.345. The van der Waals surface area contributed by atoms with Crippen LogP contribution in [0.15, 0.2) is 60.8 Å². The van der Waals surface area contributed by atoms with Crippen LogP contribution >= 0.6 is 0 Å². The van der Waals surface area contributed by atoms with E-state index in [1.165, 1.54) is 42.6 Å². The van der Waals surface area contributed by atoms with E-state index in [1.54, 1.807) is 0 Å². The van der Waals surface area contributed by atoms with Gasteiger partial charge in [0.25, 0.3) is 0 Å². The number of amides is 2. The Labute approximate surface area is 204 Å². The predicted octanol–water partition coefficient (Wildman–Crippen LogP) is 6.73. The molecular weight excluding hydrogens is 515 g/mol. The van der Waals surface area contributed by atoms with E-state index in [-0.39, 0.29) is 35.9 Å². The van der Waals surface area contributed by atoms with Gasteiger partial charge in [0.1, 0.15) is 23.0 Å². The molecule has 2 N–H and O–H groups in total. The SMILES string of the molecule is O=C(Nc1ccc(OC(F)(F)F)cc1F)Nc1cccnc1Oc1ccccc1C1(C(F)(F)F)CCO1. The molecule has 0 spiro atoms. The molecule has 0 bridgehead atoms. The molecule has 1 aromatic heterocycles. The number of pyridine rings is 1. The normalized spacial score (nSPS) is 17.5. The molecule has 3 aromatic rings. The van der Waals surface area contributed by atoms with E-state index in [9.17, 15) is 35.5 Å². The van der Waals surface area contributed by atoms with Crippen LogP contribution in [0.1, 0.15) is 12.0 Å². The van der Waals surface area contributed by atoms with E-state index in [4.69, 9.17) is 9.47 Å². The Balaban J connectivity index is 1.52. The maximum Gasteiger partial charge on any atom is 0.573 e. The van der Waals surface area contributed by atoms with Gasteiger partial charge in [0.05, 0.1) is 12.3 Å². The van der Waals surface area contributed by atoms with Crippen molar-refractivity contribution in [3.05, 3.63) is 72.2 Å². The summed E-state index contributed by atoms with van der Waals surface area (Å²) in [6.45, 7) is -0.0930. The molecule has 1 aliphatic heterocycles. The molecular formula is C23H16F7N3O4. The fraction of sp³-hybridized carbons (Fsp3) is 0.217. The molecule has 196 valence electrons. The number of carbonyl (C=O) groups is 1. The Morgan fingerprint density at radius 1 is 0.973 bits per heavy atom. The monoisotopic (exact) mass is 531 g/mol. The van der Waals surface area contributed by atoms with Crippen LogP contribution in [-0.2, 0) is 10.3 Å². The topological polar surface area (TPSA) is 81.7 Å². The summed E-state index contributed by atoms with van der Waals surface area (Å²) in [6, 6.07) is 9.07. The molecule has 37 heavy (non-hydrogen) atoms. The van der Waals surface area contributed by atoms with Crippen molar-refractivity contribution in [1.82, 2.24) is 4.98 Å². The van der Waals surface area contributed by atoms with Gasteiger partial charge in [0, 0.05) is 24.2 Å². The number of ether oxygens (including phenoxy) is 3. The third-order valence-corrected chi connectivity index (χ3v) is 5.23. The zero-order valence-corrected chi connectivity index (χ0v) is 18.4. The number of hydrogen-bond acceptors (Lipinski definition) is 5. The van der Waals surface area contributed by atoms with Crippen molar-refractivity contribution in [3.63, 3.8) is 0 Å². The fourth-order valence-corrected chi connectivity index (χ4v) is 3.53. The highest BCUT2D eigenvalue weighted by molar-refractivity contribution is 6.00. The second-order valence-corrected chi connectivity index (χ2v) is 7.65. The molecule has 4 rings (SSSR count). The molecule has 1 unspecified atom stereocenters. The first-order valence-corrected chi connectivity index (χ1v) is 10.4. The van der Waals surface area contributed by atoms with E-state index in [0.29, 0.717) is 6.07 Å². The van der Waals surface area contributed by atoms with Crippen LogP contribution in [0.25, 0.3) is 0 Å². The summed E-state index contributed by atoms with van der Waals surface area (Å²) in [6.07, 6.45) is -8.80. The summed E-state index contributed by atoms with van der Waals surface area (Å²) >= 11 is 0. The first-order valence-electron chi connectivity index (χ1n) is 10.4. The summed E-state index contributed by atoms with van der Waals surface area (Å²) in [7, 11) is 0. The number of carbonyl (C=O) groups excluding carboxylic acids is 1. The van der Waals surface area contributed by atoms with Crippen molar-refractivity contribution in [2.75, 3.05) is 17.2 Å². The van der Waals surface area contributed by atoms with E-state index in [0.717, 1.165) is 12.1 Å². The van der Waals surface area contributed by atoms with Gasteiger partial charge in [-0.15, -0.1) is 13.2 Å². The second-order valence-electron chi connectivity index (χ2n) is 7.65. The standard InChI is InChI=1S/C23H16F7N3O4/c24-15-12-13(37-23(28,29)30)7-8-16(15)32-20(34)33-17-5-3-10-31-19(17)36-18-6-2-1-4-14(18)21(9-11-35-21)22(25,26)27/h1-8,10,12H,9,11H2,(H2,32,33,34). The summed E-state index contributed by atoms with van der Waals surface area (Å²) in [4.78, 5) is 16.4. The molecule has 0 radical (unpaired) electrons. The lowest BCUT2D eigenvalue weighted by Gasteiger charge is -2.43. The minimum Gasteiger partial charge on any atom is -0.437 e. The first kappa shape index (κ1) is 26.0. The van der Waals surface area contributed by atoms with Gasteiger partial charge in [-0.05, 0) is 30.3 Å². The maximum atomic E-state index is 14.2. The Morgan fingerprint density at radius 2 is 1.68 bits per heavy atom. The number of urea groups is 1. The summed E-state index contributed by atoms with van der Waals surface area (Å²) < 4.78 is 107. The molecule has 0 saturated carbocycles. The second kappa shape index (κ2) is 9.76. The van der Waals surface area contributed by atoms with Crippen LogP contribution in [-0.4, -0.2) is 30.2 Å². The van der Waals surface area contributed by atoms with Crippen molar-refractivity contribution < 1.29 is 49.7 Å². The lowest BCUT2D eigenvalue weighted by molar-refractivity contribution is -0.333. The van der Waals surface area contributed by atoms with E-state index >= 15 is 0 Å². The van der Waals surface area contributed by atoms with Gasteiger partial charge in [-0.1, -0.05) is 18.2 Å². The lowest BCUT2D eigenvalue weighted by atomic mass is 9.85. The molecule has 7 nitrogen and oxygen atoms in total. The molecule has 1 saturated heterocycles. The first-order chi connectivity index (χ1) is 17.4. The Bertz CT molecular complexity index is 1290. The van der Waals surface area contributed by atoms with Crippen LogP contribution < -0.4 is 20.1 Å². The Morgan fingerprint density at radius 3 is 2.30 bits per heavy atom. The zero-order valence-electron chi connectivity index (χ0n) is 18.4. The molecule has 0 aliphatic carbocycles. The van der Waals surface area contributed by atoms with Crippen LogP contribution in [0, 0.1) is 5.82 Å². The number of halogens is 7. The van der Waals surface area contributed by atoms with Crippen molar-refractivity contribution in [2.24, 2.45) is 0 Å². The van der Waals surface area contributed by atoms with E-state index in [2.05, 4.69) is 20.4 Å². The highest BCUT2D eigenvalue weighted by Crippen LogP contribution is 2.53. The van der Waals surface area contributed by atoms with Gasteiger partial charge in [0.2, 0.25) is 5.88 Å². The molecule has 2 amide bonds. The Hall–Kier alpha value is -4.07.